The third-order valence-electron chi connectivity index (χ3n) is 0. The molecule has 24 N–H and O–H groups in total. The Labute approximate surface area is 176 Å². The van der Waals surface area contributed by atoms with Crippen LogP contribution in [0.15, 0.2) is 0 Å². The maximum Gasteiger partial charge on any atom is 1.00 e. The summed E-state index contributed by atoms with van der Waals surface area (Å²) in [6, 6.07) is 0. The van der Waals surface area contributed by atoms with Gasteiger partial charge in [0.15, 0.2) is 0 Å². The molecule has 24 nitrogen and oxygen atoms in total. The summed E-state index contributed by atoms with van der Waals surface area (Å²) in [6.07, 6.45) is 0. The minimum atomic E-state index is -5.39. The molecule has 0 bridgehead atoms. The van der Waals surface area contributed by atoms with Gasteiger partial charge in [-0.05, 0) is 0 Å². The van der Waals surface area contributed by atoms with Crippen LogP contribution in [0.3, 0.4) is 0 Å². The van der Waals surface area contributed by atoms with Crippen molar-refractivity contribution in [2.75, 3.05) is 0 Å². The second-order valence-corrected chi connectivity index (χ2v) is 4.02. The standard InChI is InChI=1S/Na.3H3O4P.12H2O/c;3*1-5(2,3)4;;;;;;;;;;;;/h;3*(H3,1,2,3,4);12*1H2/q+1;;;;;;;;;;;;;;;/p-9. The van der Waals surface area contributed by atoms with Crippen molar-refractivity contribution in [1.82, 2.24) is 0 Å². The van der Waals surface area contributed by atoms with Crippen LogP contribution in [0.25, 0.3) is 0 Å². The first-order chi connectivity index (χ1) is 6.00. The number of hydrogen-bond acceptors (Lipinski definition) is 12. The van der Waals surface area contributed by atoms with Crippen molar-refractivity contribution in [3.63, 3.8) is 0 Å². The van der Waals surface area contributed by atoms with Crippen molar-refractivity contribution in [1.29, 1.82) is 0 Å². The molecular formula is H24NaO24P3-8. The van der Waals surface area contributed by atoms with Crippen molar-refractivity contribution < 1.29 is 153 Å². The van der Waals surface area contributed by atoms with Crippen molar-refractivity contribution in [3.05, 3.63) is 0 Å². The van der Waals surface area contributed by atoms with E-state index in [-0.39, 0.29) is 95.3 Å². The molecule has 0 spiro atoms. The van der Waals surface area contributed by atoms with Crippen molar-refractivity contribution in [2.24, 2.45) is 0 Å². The van der Waals surface area contributed by atoms with E-state index in [1.807, 2.05) is 0 Å². The SMILES string of the molecule is O.O.O.O.O.O.O.O.O.O.O.O.O=P([O-])([O-])[O-].O=P([O-])([O-])[O-].O=P([O-])([O-])[O-].[Na+]. The fraction of sp³-hybridized carbons (Fsp3) is 0. The summed E-state index contributed by atoms with van der Waals surface area (Å²) >= 11 is 0. The van der Waals surface area contributed by atoms with E-state index in [9.17, 15) is 0 Å². The molecule has 0 atom stereocenters. The zero-order valence-corrected chi connectivity index (χ0v) is 17.9. The van der Waals surface area contributed by atoms with Gasteiger partial charge in [-0.3, -0.25) is 0 Å². The summed E-state index contributed by atoms with van der Waals surface area (Å²) in [5.74, 6) is 0. The van der Waals surface area contributed by atoms with Crippen LogP contribution in [0.4, 0.5) is 0 Å². The molecule has 0 saturated carbocycles. The molecular weight excluding hydrogens is 500 g/mol. The quantitative estimate of drug-likeness (QED) is 0.210. The predicted molar refractivity (Wildman–Crippen MR) is 66.2 cm³/mol. The Morgan fingerprint density at radius 2 is 0.286 bits per heavy atom. The van der Waals surface area contributed by atoms with Crippen LogP contribution in [-0.4, -0.2) is 65.7 Å². The fourth-order valence-corrected chi connectivity index (χ4v) is 0. The summed E-state index contributed by atoms with van der Waals surface area (Å²) < 4.78 is 25.6. The minimum absolute atomic E-state index is 0. The third-order valence-corrected chi connectivity index (χ3v) is 0. The first-order valence-corrected chi connectivity index (χ1v) is 6.57. The summed E-state index contributed by atoms with van der Waals surface area (Å²) in [6.45, 7) is 0. The van der Waals surface area contributed by atoms with Gasteiger partial charge in [-0.25, -0.2) is 0 Å². The van der Waals surface area contributed by atoms with Crippen molar-refractivity contribution in [3.8, 4) is 0 Å². The molecule has 0 aromatic carbocycles. The van der Waals surface area contributed by atoms with Crippen molar-refractivity contribution in [2.45, 2.75) is 0 Å². The fourth-order valence-electron chi connectivity index (χ4n) is 0. The van der Waals surface area contributed by atoms with Gasteiger partial charge >= 0.3 is 29.6 Å². The molecule has 0 saturated heterocycles. The van der Waals surface area contributed by atoms with Crippen molar-refractivity contribution >= 4 is 23.5 Å². The van der Waals surface area contributed by atoms with Gasteiger partial charge in [0, 0.05) is 0 Å². The third kappa shape index (κ3) is 24800. The molecule has 192 valence electrons. The van der Waals surface area contributed by atoms with Crippen LogP contribution in [0.2, 0.25) is 0 Å². The maximum atomic E-state index is 8.55. The Hall–Kier alpha value is 0.850. The topological polar surface area (TPSA) is 637 Å². The van der Waals surface area contributed by atoms with Gasteiger partial charge < -0.3 is 123 Å². The van der Waals surface area contributed by atoms with Gasteiger partial charge in [0.1, 0.15) is 0 Å². The van der Waals surface area contributed by atoms with E-state index in [4.69, 9.17) is 57.7 Å². The van der Waals surface area contributed by atoms with E-state index in [1.165, 1.54) is 0 Å². The molecule has 28 heteroatoms. The molecule has 0 radical (unpaired) electrons. The zero-order chi connectivity index (χ0) is 13.5. The van der Waals surface area contributed by atoms with Crippen LogP contribution in [0.1, 0.15) is 0 Å². The average molecular weight is 524 g/mol. The molecule has 0 aliphatic heterocycles. The molecule has 0 unspecified atom stereocenters. The molecule has 0 rings (SSSR count). The van der Waals surface area contributed by atoms with Gasteiger partial charge in [-0.1, -0.05) is 0 Å². The summed E-state index contributed by atoms with van der Waals surface area (Å²) in [7, 11) is -16.2. The number of hydrogen-bond donors (Lipinski definition) is 0. The van der Waals surface area contributed by atoms with Crippen LogP contribution >= 0.6 is 23.5 Å². The Morgan fingerprint density at radius 1 is 0.286 bits per heavy atom. The number of phosphoric acid groups is 3. The second-order valence-electron chi connectivity index (χ2n) is 1.34. The van der Waals surface area contributed by atoms with Gasteiger partial charge in [-0.2, -0.15) is 23.5 Å². The van der Waals surface area contributed by atoms with E-state index in [2.05, 4.69) is 0 Å². The normalized spacial score (nSPS) is 6.32. The van der Waals surface area contributed by atoms with E-state index in [0.29, 0.717) is 0 Å². The van der Waals surface area contributed by atoms with Gasteiger partial charge in [0.2, 0.25) is 0 Å². The Balaban J connectivity index is -0.00000000447. The predicted octanol–water partition coefficient (Wildman–Crippen LogP) is -21.4. The Bertz CT molecular complexity index is 206. The van der Waals surface area contributed by atoms with Gasteiger partial charge in [-0.15, -0.1) is 0 Å². The van der Waals surface area contributed by atoms with E-state index < -0.39 is 23.5 Å². The molecule has 0 aliphatic carbocycles. The average Bonchev–Trinajstić information content (AvgIpc) is 1.41. The van der Waals surface area contributed by atoms with E-state index >= 15 is 0 Å². The van der Waals surface area contributed by atoms with Crippen LogP contribution in [0, 0.1) is 0 Å². The summed E-state index contributed by atoms with van der Waals surface area (Å²) in [5, 5.41) is 0. The Morgan fingerprint density at radius 3 is 0.286 bits per heavy atom. The summed E-state index contributed by atoms with van der Waals surface area (Å²) in [4.78, 5) is 76.9. The number of rotatable bonds is 0. The smallest absolute Gasteiger partial charge is 0.822 e. The van der Waals surface area contributed by atoms with Crippen LogP contribution in [-0.2, 0) is 13.7 Å². The minimum Gasteiger partial charge on any atom is -0.822 e. The summed E-state index contributed by atoms with van der Waals surface area (Å²) in [5.41, 5.74) is 0. The molecule has 0 fully saturated rings. The first kappa shape index (κ1) is 136. The Kier molecular flexibility index (Phi) is 273. The molecule has 0 aromatic heterocycles. The largest absolute Gasteiger partial charge is 1.00 e. The van der Waals surface area contributed by atoms with E-state index in [0.717, 1.165) is 0 Å². The molecule has 0 heterocycles. The first-order valence-electron chi connectivity index (χ1n) is 2.19. The van der Waals surface area contributed by atoms with Crippen LogP contribution < -0.4 is 73.6 Å². The zero-order valence-electron chi connectivity index (χ0n) is 13.2. The molecule has 0 aliphatic rings. The molecule has 0 amide bonds. The maximum absolute atomic E-state index is 8.55. The second kappa shape index (κ2) is 56.5. The molecule has 0 aromatic rings. The molecule has 28 heavy (non-hydrogen) atoms. The van der Waals surface area contributed by atoms with Gasteiger partial charge in [0.25, 0.3) is 0 Å². The van der Waals surface area contributed by atoms with E-state index in [1.54, 1.807) is 0 Å². The van der Waals surface area contributed by atoms with Crippen LogP contribution in [0.5, 0.6) is 0 Å². The van der Waals surface area contributed by atoms with Gasteiger partial charge in [0.05, 0.1) is 0 Å². The monoisotopic (exact) mass is 524 g/mol.